The highest BCUT2D eigenvalue weighted by Gasteiger charge is 2.15. The number of halogens is 1. The molecule has 19 heavy (non-hydrogen) atoms. The van der Waals surface area contributed by atoms with E-state index in [9.17, 15) is 19.3 Å². The van der Waals surface area contributed by atoms with Crippen LogP contribution in [-0.4, -0.2) is 16.0 Å². The molecule has 8 heteroatoms. The van der Waals surface area contributed by atoms with Crippen LogP contribution in [-0.2, 0) is 0 Å². The topological polar surface area (TPSA) is 89.7 Å². The molecule has 0 radical (unpaired) electrons. The zero-order valence-electron chi connectivity index (χ0n) is 9.20. The van der Waals surface area contributed by atoms with Crippen molar-refractivity contribution in [2.45, 2.75) is 0 Å². The quantitative estimate of drug-likeness (QED) is 0.686. The van der Waals surface area contributed by atoms with E-state index in [1.165, 1.54) is 17.5 Å². The standard InChI is InChI=1S/C11H6FNO5S/c12-8-3-6(1-2-9(8)13(16)17)18-7-4-10(11(14)15)19-5-7/h1-5H,(H,14,15). The van der Waals surface area contributed by atoms with E-state index in [1.807, 2.05) is 0 Å². The van der Waals surface area contributed by atoms with Gasteiger partial charge in [0.25, 0.3) is 0 Å². The number of carboxylic acid groups (broad SMARTS) is 1. The number of thiophene rings is 1. The van der Waals surface area contributed by atoms with Crippen LogP contribution >= 0.6 is 11.3 Å². The summed E-state index contributed by atoms with van der Waals surface area (Å²) in [6.07, 6.45) is 0. The maximum absolute atomic E-state index is 13.3. The molecule has 0 spiro atoms. The second-order valence-corrected chi connectivity index (χ2v) is 4.34. The first kappa shape index (κ1) is 13.0. The summed E-state index contributed by atoms with van der Waals surface area (Å²) in [5, 5.41) is 20.6. The smallest absolute Gasteiger partial charge is 0.346 e. The van der Waals surface area contributed by atoms with Crippen LogP contribution in [0.2, 0.25) is 0 Å². The summed E-state index contributed by atoms with van der Waals surface area (Å²) in [5.74, 6) is -1.82. The molecule has 0 aliphatic carbocycles. The lowest BCUT2D eigenvalue weighted by Gasteiger charge is -2.02. The van der Waals surface area contributed by atoms with Gasteiger partial charge in [-0.1, -0.05) is 0 Å². The summed E-state index contributed by atoms with van der Waals surface area (Å²) in [4.78, 5) is 20.3. The zero-order chi connectivity index (χ0) is 14.0. The van der Waals surface area contributed by atoms with Gasteiger partial charge in [0.1, 0.15) is 16.4 Å². The van der Waals surface area contributed by atoms with Gasteiger partial charge in [-0.2, -0.15) is 4.39 Å². The summed E-state index contributed by atoms with van der Waals surface area (Å²) in [6.45, 7) is 0. The van der Waals surface area contributed by atoms with E-state index in [1.54, 1.807) is 0 Å². The van der Waals surface area contributed by atoms with Crippen molar-refractivity contribution in [2.75, 3.05) is 0 Å². The van der Waals surface area contributed by atoms with Crippen LogP contribution in [0, 0.1) is 15.9 Å². The first-order valence-corrected chi connectivity index (χ1v) is 5.79. The van der Waals surface area contributed by atoms with Crippen molar-refractivity contribution in [3.8, 4) is 11.5 Å². The Hall–Kier alpha value is -2.48. The molecule has 1 aromatic heterocycles. The third kappa shape index (κ3) is 2.86. The summed E-state index contributed by atoms with van der Waals surface area (Å²) < 4.78 is 18.5. The van der Waals surface area contributed by atoms with Gasteiger partial charge >= 0.3 is 11.7 Å². The van der Waals surface area contributed by atoms with Crippen molar-refractivity contribution < 1.29 is 24.0 Å². The van der Waals surface area contributed by atoms with E-state index in [-0.39, 0.29) is 16.4 Å². The van der Waals surface area contributed by atoms with Crippen molar-refractivity contribution in [3.05, 3.63) is 50.5 Å². The number of aromatic carboxylic acids is 1. The van der Waals surface area contributed by atoms with Crippen LogP contribution in [0.1, 0.15) is 9.67 Å². The Morgan fingerprint density at radius 3 is 2.63 bits per heavy atom. The minimum Gasteiger partial charge on any atom is -0.477 e. The number of hydrogen-bond acceptors (Lipinski definition) is 5. The molecule has 0 unspecified atom stereocenters. The van der Waals surface area contributed by atoms with Crippen LogP contribution in [0.15, 0.2) is 29.6 Å². The van der Waals surface area contributed by atoms with Crippen LogP contribution in [0.4, 0.5) is 10.1 Å². The van der Waals surface area contributed by atoms with E-state index in [0.29, 0.717) is 0 Å². The third-order valence-corrected chi connectivity index (χ3v) is 3.03. The van der Waals surface area contributed by atoms with Crippen molar-refractivity contribution >= 4 is 23.0 Å². The molecular formula is C11H6FNO5S. The Bertz CT molecular complexity index is 654. The average Bonchev–Trinajstić information content (AvgIpc) is 2.77. The first-order chi connectivity index (χ1) is 8.97. The molecule has 0 bridgehead atoms. The Balaban J connectivity index is 2.21. The molecule has 0 atom stereocenters. The van der Waals surface area contributed by atoms with Gasteiger partial charge in [-0.25, -0.2) is 4.79 Å². The van der Waals surface area contributed by atoms with Gasteiger partial charge in [-0.15, -0.1) is 11.3 Å². The molecule has 1 aromatic carbocycles. The van der Waals surface area contributed by atoms with E-state index < -0.39 is 22.4 Å². The van der Waals surface area contributed by atoms with Gasteiger partial charge in [0, 0.05) is 23.6 Å². The summed E-state index contributed by atoms with van der Waals surface area (Å²) in [7, 11) is 0. The fourth-order valence-corrected chi connectivity index (χ4v) is 1.96. The first-order valence-electron chi connectivity index (χ1n) is 4.91. The fraction of sp³-hybridized carbons (Fsp3) is 0. The minimum atomic E-state index is -1.09. The molecule has 98 valence electrons. The maximum Gasteiger partial charge on any atom is 0.346 e. The number of hydrogen-bond donors (Lipinski definition) is 1. The summed E-state index contributed by atoms with van der Waals surface area (Å²) >= 11 is 0.963. The number of nitro benzene ring substituents is 1. The summed E-state index contributed by atoms with van der Waals surface area (Å²) in [6, 6.07) is 4.37. The van der Waals surface area contributed by atoms with E-state index >= 15 is 0 Å². The molecule has 0 fully saturated rings. The number of carboxylic acids is 1. The minimum absolute atomic E-state index is 0.0536. The molecular weight excluding hydrogens is 277 g/mol. The number of ether oxygens (including phenoxy) is 1. The number of rotatable bonds is 4. The van der Waals surface area contributed by atoms with Crippen molar-refractivity contribution in [1.82, 2.24) is 0 Å². The van der Waals surface area contributed by atoms with Crippen LogP contribution in [0.5, 0.6) is 11.5 Å². The highest BCUT2D eigenvalue weighted by atomic mass is 32.1. The normalized spacial score (nSPS) is 10.2. The maximum atomic E-state index is 13.3. The lowest BCUT2D eigenvalue weighted by atomic mass is 10.3. The highest BCUT2D eigenvalue weighted by molar-refractivity contribution is 7.12. The van der Waals surface area contributed by atoms with Crippen LogP contribution in [0.3, 0.4) is 0 Å². The molecule has 6 nitrogen and oxygen atoms in total. The lowest BCUT2D eigenvalue weighted by Crippen LogP contribution is -1.93. The molecule has 0 saturated heterocycles. The monoisotopic (exact) mass is 283 g/mol. The molecule has 0 aliphatic rings. The fourth-order valence-electron chi connectivity index (χ4n) is 1.32. The number of benzene rings is 1. The van der Waals surface area contributed by atoms with Gasteiger partial charge in [0.2, 0.25) is 5.82 Å². The third-order valence-electron chi connectivity index (χ3n) is 2.14. The predicted molar refractivity (Wildman–Crippen MR) is 64.4 cm³/mol. The van der Waals surface area contributed by atoms with Gasteiger partial charge in [-0.05, 0) is 6.07 Å². The molecule has 1 N–H and O–H groups in total. The van der Waals surface area contributed by atoms with Gasteiger partial charge in [0.15, 0.2) is 0 Å². The average molecular weight is 283 g/mol. The van der Waals surface area contributed by atoms with Crippen LogP contribution in [0.25, 0.3) is 0 Å². The Morgan fingerprint density at radius 2 is 2.11 bits per heavy atom. The molecule has 1 heterocycles. The zero-order valence-corrected chi connectivity index (χ0v) is 10.0. The van der Waals surface area contributed by atoms with Crippen molar-refractivity contribution in [2.24, 2.45) is 0 Å². The van der Waals surface area contributed by atoms with Crippen molar-refractivity contribution in [3.63, 3.8) is 0 Å². The Morgan fingerprint density at radius 1 is 1.37 bits per heavy atom. The predicted octanol–water partition coefficient (Wildman–Crippen LogP) is 3.29. The summed E-state index contributed by atoms with van der Waals surface area (Å²) in [5.41, 5.74) is -0.649. The van der Waals surface area contributed by atoms with Gasteiger partial charge in [0.05, 0.1) is 4.92 Å². The highest BCUT2D eigenvalue weighted by Crippen LogP contribution is 2.29. The van der Waals surface area contributed by atoms with E-state index in [4.69, 9.17) is 9.84 Å². The lowest BCUT2D eigenvalue weighted by molar-refractivity contribution is -0.387. The van der Waals surface area contributed by atoms with Crippen molar-refractivity contribution in [1.29, 1.82) is 0 Å². The largest absolute Gasteiger partial charge is 0.477 e. The molecule has 0 saturated carbocycles. The molecule has 0 aliphatic heterocycles. The SMILES string of the molecule is O=C(O)c1cc(Oc2ccc([N+](=O)[O-])c(F)c2)cs1. The van der Waals surface area contributed by atoms with E-state index in [2.05, 4.69) is 0 Å². The Labute approximate surface area is 109 Å². The second-order valence-electron chi connectivity index (χ2n) is 3.42. The number of nitrogens with zero attached hydrogens (tertiary/aromatic N) is 1. The Kier molecular flexibility index (Phi) is 3.43. The number of carbonyl (C=O) groups is 1. The van der Waals surface area contributed by atoms with Gasteiger partial charge < -0.3 is 9.84 Å². The van der Waals surface area contributed by atoms with Crippen LogP contribution < -0.4 is 4.74 Å². The number of nitro groups is 1. The molecule has 2 aromatic rings. The second kappa shape index (κ2) is 5.02. The molecule has 0 amide bonds. The van der Waals surface area contributed by atoms with E-state index in [0.717, 1.165) is 23.5 Å². The van der Waals surface area contributed by atoms with Gasteiger partial charge in [-0.3, -0.25) is 10.1 Å². The molecule has 2 rings (SSSR count).